The first kappa shape index (κ1) is 19.4. The van der Waals surface area contributed by atoms with Crippen molar-refractivity contribution in [2.75, 3.05) is 33.9 Å². The van der Waals surface area contributed by atoms with Crippen molar-refractivity contribution in [2.45, 2.75) is 70.1 Å². The number of nitrogens with one attached hydrogen (secondary N) is 1. The van der Waals surface area contributed by atoms with Crippen LogP contribution >= 0.6 is 0 Å². The molecule has 2 fully saturated rings. The van der Waals surface area contributed by atoms with Crippen LogP contribution in [0, 0.1) is 0 Å². The Bertz CT molecular complexity index is 426. The largest absolute Gasteiger partial charge is 0.444 e. The lowest BCUT2D eigenvalue weighted by Gasteiger charge is -2.45. The second-order valence-corrected chi connectivity index (χ2v) is 7.47. The number of nitrogens with zero attached hydrogens (tertiary/aromatic N) is 1. The molecule has 140 valence electrons. The fourth-order valence-corrected chi connectivity index (χ4v) is 3.36. The minimum atomic E-state index is -0.495. The van der Waals surface area contributed by atoms with E-state index >= 15 is 0 Å². The standard InChI is InChI=1S/C17H32N2O5/c1-7-23-13-8-11(15(13)22-6)18-12-9-19(10-14(12)21-5)16(20)24-17(2,3)4/h11-15,18H,7-10H2,1-6H3/t11?,12?,13?,14-,15?/m0/s1. The van der Waals surface area contributed by atoms with E-state index in [0.717, 1.165) is 6.42 Å². The van der Waals surface area contributed by atoms with Crippen molar-refractivity contribution in [2.24, 2.45) is 0 Å². The molecule has 1 amide bonds. The summed E-state index contributed by atoms with van der Waals surface area (Å²) in [6.07, 6.45) is 0.741. The Balaban J connectivity index is 1.90. The Kier molecular flexibility index (Phi) is 6.47. The molecular formula is C17H32N2O5. The molecule has 4 unspecified atom stereocenters. The molecule has 7 heteroatoms. The van der Waals surface area contributed by atoms with Crippen LogP contribution in [-0.2, 0) is 18.9 Å². The van der Waals surface area contributed by atoms with Gasteiger partial charge in [0.1, 0.15) is 5.60 Å². The van der Waals surface area contributed by atoms with Gasteiger partial charge in [-0.2, -0.15) is 0 Å². The van der Waals surface area contributed by atoms with Crippen LogP contribution < -0.4 is 5.32 Å². The minimum absolute atomic E-state index is 0.0398. The molecule has 5 atom stereocenters. The predicted molar refractivity (Wildman–Crippen MR) is 90.1 cm³/mol. The molecule has 0 spiro atoms. The quantitative estimate of drug-likeness (QED) is 0.786. The first-order valence-corrected chi connectivity index (χ1v) is 8.70. The van der Waals surface area contributed by atoms with Crippen molar-refractivity contribution >= 4 is 6.09 Å². The number of rotatable bonds is 6. The lowest BCUT2D eigenvalue weighted by molar-refractivity contribution is -0.134. The number of carbonyl (C=O) groups is 1. The average Bonchev–Trinajstić information content (AvgIpc) is 2.88. The fraction of sp³-hybridized carbons (Fsp3) is 0.941. The van der Waals surface area contributed by atoms with Crippen LogP contribution in [-0.4, -0.2) is 80.9 Å². The molecule has 1 aliphatic heterocycles. The van der Waals surface area contributed by atoms with Crippen LogP contribution in [0.15, 0.2) is 0 Å². The van der Waals surface area contributed by atoms with Crippen LogP contribution in [0.1, 0.15) is 34.1 Å². The maximum Gasteiger partial charge on any atom is 0.410 e. The Labute approximate surface area is 144 Å². The van der Waals surface area contributed by atoms with Gasteiger partial charge in [0.15, 0.2) is 0 Å². The third-order valence-electron chi connectivity index (χ3n) is 4.55. The second kappa shape index (κ2) is 7.99. The maximum atomic E-state index is 12.3. The number of methoxy groups -OCH3 is 2. The molecule has 1 N–H and O–H groups in total. The maximum absolute atomic E-state index is 12.3. The first-order valence-electron chi connectivity index (χ1n) is 8.70. The molecule has 0 aromatic rings. The zero-order valence-electron chi connectivity index (χ0n) is 15.7. The Morgan fingerprint density at radius 3 is 2.38 bits per heavy atom. The Morgan fingerprint density at radius 1 is 1.12 bits per heavy atom. The van der Waals surface area contributed by atoms with Gasteiger partial charge in [-0.25, -0.2) is 4.79 Å². The summed E-state index contributed by atoms with van der Waals surface area (Å²) in [6.45, 7) is 9.39. The van der Waals surface area contributed by atoms with Crippen molar-refractivity contribution in [3.05, 3.63) is 0 Å². The summed E-state index contributed by atoms with van der Waals surface area (Å²) in [4.78, 5) is 14.0. The van der Waals surface area contributed by atoms with Crippen LogP contribution in [0.5, 0.6) is 0 Å². The van der Waals surface area contributed by atoms with Crippen LogP contribution in [0.3, 0.4) is 0 Å². The molecular weight excluding hydrogens is 312 g/mol. The van der Waals surface area contributed by atoms with Crippen LogP contribution in [0.25, 0.3) is 0 Å². The van der Waals surface area contributed by atoms with E-state index in [2.05, 4.69) is 5.32 Å². The molecule has 0 bridgehead atoms. The number of amides is 1. The van der Waals surface area contributed by atoms with E-state index in [0.29, 0.717) is 19.7 Å². The lowest BCUT2D eigenvalue weighted by Crippen LogP contribution is -2.63. The third-order valence-corrected chi connectivity index (χ3v) is 4.55. The van der Waals surface area contributed by atoms with E-state index in [4.69, 9.17) is 18.9 Å². The minimum Gasteiger partial charge on any atom is -0.444 e. The SMILES string of the molecule is CCOC1CC(NC2CN(C(=O)OC(C)(C)C)C[C@@H]2OC)C1OC. The number of likely N-dealkylation sites (tertiary alicyclic amines) is 1. The fourth-order valence-electron chi connectivity index (χ4n) is 3.36. The van der Waals surface area contributed by atoms with Gasteiger partial charge in [-0.15, -0.1) is 0 Å². The number of hydrogen-bond acceptors (Lipinski definition) is 6. The molecule has 1 saturated carbocycles. The molecule has 1 saturated heterocycles. The summed E-state index contributed by atoms with van der Waals surface area (Å²) in [5.41, 5.74) is -0.495. The van der Waals surface area contributed by atoms with Gasteiger partial charge in [0, 0.05) is 33.4 Å². The molecule has 0 radical (unpaired) electrons. The normalized spacial score (nSPS) is 33.4. The smallest absolute Gasteiger partial charge is 0.410 e. The summed E-state index contributed by atoms with van der Waals surface area (Å²) in [5.74, 6) is 0. The van der Waals surface area contributed by atoms with Gasteiger partial charge in [0.25, 0.3) is 0 Å². The van der Waals surface area contributed by atoms with E-state index in [1.54, 1.807) is 19.1 Å². The molecule has 0 aromatic carbocycles. The van der Waals surface area contributed by atoms with Gasteiger partial charge < -0.3 is 29.2 Å². The first-order chi connectivity index (χ1) is 11.3. The van der Waals surface area contributed by atoms with E-state index in [1.807, 2.05) is 27.7 Å². The second-order valence-electron chi connectivity index (χ2n) is 7.47. The molecule has 7 nitrogen and oxygen atoms in total. The third kappa shape index (κ3) is 4.59. The molecule has 2 rings (SSSR count). The molecule has 1 aliphatic carbocycles. The summed E-state index contributed by atoms with van der Waals surface area (Å²) in [7, 11) is 3.38. The van der Waals surface area contributed by atoms with Gasteiger partial charge in [-0.3, -0.25) is 0 Å². The average molecular weight is 344 g/mol. The van der Waals surface area contributed by atoms with Gasteiger partial charge in [-0.05, 0) is 34.1 Å². The van der Waals surface area contributed by atoms with Gasteiger partial charge in [0.2, 0.25) is 0 Å². The molecule has 24 heavy (non-hydrogen) atoms. The van der Waals surface area contributed by atoms with Crippen molar-refractivity contribution in [3.63, 3.8) is 0 Å². The number of hydrogen-bond donors (Lipinski definition) is 1. The monoisotopic (exact) mass is 344 g/mol. The van der Waals surface area contributed by atoms with Crippen LogP contribution in [0.2, 0.25) is 0 Å². The highest BCUT2D eigenvalue weighted by atomic mass is 16.6. The summed E-state index contributed by atoms with van der Waals surface area (Å²) in [5, 5.41) is 3.57. The topological polar surface area (TPSA) is 69.3 Å². The van der Waals surface area contributed by atoms with E-state index in [-0.39, 0.29) is 36.5 Å². The Morgan fingerprint density at radius 2 is 1.83 bits per heavy atom. The summed E-state index contributed by atoms with van der Waals surface area (Å²) >= 11 is 0. The zero-order valence-corrected chi connectivity index (χ0v) is 15.7. The van der Waals surface area contributed by atoms with Crippen molar-refractivity contribution in [1.29, 1.82) is 0 Å². The molecule has 2 aliphatic rings. The van der Waals surface area contributed by atoms with Crippen LogP contribution in [0.4, 0.5) is 4.79 Å². The van der Waals surface area contributed by atoms with Gasteiger partial charge in [-0.1, -0.05) is 0 Å². The number of ether oxygens (including phenoxy) is 4. The van der Waals surface area contributed by atoms with E-state index in [1.165, 1.54) is 0 Å². The van der Waals surface area contributed by atoms with Crippen molar-refractivity contribution < 1.29 is 23.7 Å². The molecule has 1 heterocycles. The highest BCUT2D eigenvalue weighted by Gasteiger charge is 2.46. The van der Waals surface area contributed by atoms with Gasteiger partial charge >= 0.3 is 6.09 Å². The Hall–Kier alpha value is -0.890. The summed E-state index contributed by atoms with van der Waals surface area (Å²) in [6, 6.07) is 0.278. The van der Waals surface area contributed by atoms with Crippen molar-refractivity contribution in [3.8, 4) is 0 Å². The highest BCUT2D eigenvalue weighted by molar-refractivity contribution is 5.68. The molecule has 0 aromatic heterocycles. The number of carbonyl (C=O) groups excluding carboxylic acids is 1. The lowest BCUT2D eigenvalue weighted by atomic mass is 9.84. The predicted octanol–water partition coefficient (Wildman–Crippen LogP) is 1.40. The summed E-state index contributed by atoms with van der Waals surface area (Å²) < 4.78 is 22.2. The zero-order chi connectivity index (χ0) is 17.9. The van der Waals surface area contributed by atoms with E-state index in [9.17, 15) is 4.79 Å². The van der Waals surface area contributed by atoms with Crippen molar-refractivity contribution in [1.82, 2.24) is 10.2 Å². The van der Waals surface area contributed by atoms with E-state index < -0.39 is 5.60 Å². The van der Waals surface area contributed by atoms with Gasteiger partial charge in [0.05, 0.1) is 30.9 Å². The highest BCUT2D eigenvalue weighted by Crippen LogP contribution is 2.29.